The molecule has 0 atom stereocenters. The Morgan fingerprint density at radius 2 is 0.982 bits per heavy atom. The van der Waals surface area contributed by atoms with Crippen LogP contribution in [0.1, 0.15) is 104 Å². The third-order valence-electron chi connectivity index (χ3n) is 8.84. The molecule has 0 bridgehead atoms. The van der Waals surface area contributed by atoms with Crippen LogP contribution in [-0.2, 0) is 0 Å². The molecule has 0 saturated heterocycles. The molecule has 9 heteroatoms. The largest absolute Gasteiger partial charge is 0.494 e. The summed E-state index contributed by atoms with van der Waals surface area (Å²) in [6.45, 7) is 5.63. The summed E-state index contributed by atoms with van der Waals surface area (Å²) in [7, 11) is 0. The minimum absolute atomic E-state index is 0.0689. The highest BCUT2D eigenvalue weighted by atomic mass is 16.6. The normalized spacial score (nSPS) is 11.2. The molecular formula is C47H51N3O6. The molecule has 0 spiro atoms. The number of carbonyl (C=O) groups is 2. The van der Waals surface area contributed by atoms with E-state index >= 15 is 0 Å². The van der Waals surface area contributed by atoms with E-state index in [4.69, 9.17) is 18.9 Å². The molecule has 0 aliphatic heterocycles. The monoisotopic (exact) mass is 753 g/mol. The molecule has 9 nitrogen and oxygen atoms in total. The maximum absolute atomic E-state index is 13.4. The van der Waals surface area contributed by atoms with Crippen LogP contribution in [0.25, 0.3) is 0 Å². The number of hydrogen-bond donors (Lipinski definition) is 0. The fourth-order valence-electron chi connectivity index (χ4n) is 5.62. The van der Waals surface area contributed by atoms with Crippen LogP contribution in [0.3, 0.4) is 0 Å². The number of benzene rings is 5. The molecule has 0 saturated carbocycles. The fraction of sp³-hybridized carbons (Fsp3) is 0.298. The lowest BCUT2D eigenvalue weighted by molar-refractivity contribution is 0.0682. The molecule has 0 unspecified atom stereocenters. The quantitative estimate of drug-likeness (QED) is 0.0229. The van der Waals surface area contributed by atoms with Crippen molar-refractivity contribution in [2.24, 2.45) is 15.2 Å². The Morgan fingerprint density at radius 3 is 1.52 bits per heavy atom. The molecule has 56 heavy (non-hydrogen) atoms. The number of nitrogens with zero attached hydrogens (tertiary/aromatic N) is 3. The molecule has 0 heterocycles. The second kappa shape index (κ2) is 23.0. The van der Waals surface area contributed by atoms with E-state index < -0.39 is 11.9 Å². The number of carbonyl (C=O) groups excluding carboxylic acids is 2. The smallest absolute Gasteiger partial charge is 0.343 e. The predicted octanol–water partition coefficient (Wildman–Crippen LogP) is 13.0. The van der Waals surface area contributed by atoms with Crippen LogP contribution in [-0.4, -0.2) is 31.4 Å². The summed E-state index contributed by atoms with van der Waals surface area (Å²) < 4.78 is 23.4. The molecule has 0 aliphatic carbocycles. The van der Waals surface area contributed by atoms with Gasteiger partial charge in [-0.05, 0) is 122 Å². The van der Waals surface area contributed by atoms with E-state index in [1.54, 1.807) is 72.9 Å². The summed E-state index contributed by atoms with van der Waals surface area (Å²) in [5.74, 6) is 0.309. The van der Waals surface area contributed by atoms with Crippen LogP contribution in [0.15, 0.2) is 137 Å². The van der Waals surface area contributed by atoms with Crippen molar-refractivity contribution in [1.29, 1.82) is 0 Å². The molecule has 0 N–H and O–H groups in total. The fourth-order valence-corrected chi connectivity index (χ4v) is 5.62. The molecule has 5 rings (SSSR count). The van der Waals surface area contributed by atoms with Gasteiger partial charge in [0.1, 0.15) is 11.5 Å². The van der Waals surface area contributed by atoms with Crippen LogP contribution < -0.4 is 18.9 Å². The van der Waals surface area contributed by atoms with Crippen molar-refractivity contribution in [1.82, 2.24) is 0 Å². The number of aliphatic imine (C=N–C) groups is 1. The lowest BCUT2D eigenvalue weighted by Crippen LogP contribution is -2.13. The maximum atomic E-state index is 13.4. The summed E-state index contributed by atoms with van der Waals surface area (Å²) >= 11 is 0. The summed E-state index contributed by atoms with van der Waals surface area (Å²) in [5, 5.41) is 8.54. The summed E-state index contributed by atoms with van der Waals surface area (Å²) in [5.41, 5.74) is 3.42. The highest BCUT2D eigenvalue weighted by Crippen LogP contribution is 2.31. The highest BCUT2D eigenvalue weighted by molar-refractivity contribution is 5.94. The first kappa shape index (κ1) is 41.1. The zero-order valence-corrected chi connectivity index (χ0v) is 32.4. The number of rotatable bonds is 22. The minimum Gasteiger partial charge on any atom is -0.494 e. The van der Waals surface area contributed by atoms with Crippen molar-refractivity contribution in [2.45, 2.75) is 78.1 Å². The van der Waals surface area contributed by atoms with Crippen molar-refractivity contribution >= 4 is 35.2 Å². The topological polar surface area (TPSA) is 108 Å². The van der Waals surface area contributed by atoms with E-state index in [2.05, 4.69) is 29.1 Å². The Hall–Kier alpha value is -6.09. The van der Waals surface area contributed by atoms with Gasteiger partial charge in [0.25, 0.3) is 0 Å². The van der Waals surface area contributed by atoms with Crippen molar-refractivity contribution in [2.75, 3.05) is 13.2 Å². The van der Waals surface area contributed by atoms with E-state index in [9.17, 15) is 9.59 Å². The van der Waals surface area contributed by atoms with E-state index in [1.807, 2.05) is 54.6 Å². The van der Waals surface area contributed by atoms with Crippen molar-refractivity contribution < 1.29 is 28.5 Å². The standard InChI is InChI=1S/C47H51N3O6/c1-3-5-7-9-14-32-53-42-27-19-37(20-28-42)46(51)55-44-31-18-36(35-48-39-23-25-41(26-24-39)50-49-40-16-12-11-13-17-40)34-45(44)56-47(52)38-21-29-43(30-22-38)54-33-15-10-8-6-4-2/h11-13,16-31,34-35H,3-10,14-15,32-33H2,1-2H3. The molecule has 290 valence electrons. The van der Waals surface area contributed by atoms with Crippen LogP contribution in [0, 0.1) is 0 Å². The van der Waals surface area contributed by atoms with Gasteiger partial charge in [0, 0.05) is 6.21 Å². The molecule has 0 radical (unpaired) electrons. The van der Waals surface area contributed by atoms with Gasteiger partial charge in [-0.1, -0.05) is 83.4 Å². The second-order valence-corrected chi connectivity index (χ2v) is 13.4. The zero-order chi connectivity index (χ0) is 39.2. The van der Waals surface area contributed by atoms with Gasteiger partial charge in [0.2, 0.25) is 0 Å². The Labute approximate surface area is 330 Å². The molecule has 5 aromatic rings. The van der Waals surface area contributed by atoms with Gasteiger partial charge >= 0.3 is 11.9 Å². The second-order valence-electron chi connectivity index (χ2n) is 13.4. The van der Waals surface area contributed by atoms with Gasteiger partial charge in [-0.3, -0.25) is 4.99 Å². The Morgan fingerprint density at radius 1 is 0.500 bits per heavy atom. The molecular weight excluding hydrogens is 703 g/mol. The average molecular weight is 754 g/mol. The van der Waals surface area contributed by atoms with Gasteiger partial charge < -0.3 is 18.9 Å². The van der Waals surface area contributed by atoms with E-state index in [0.29, 0.717) is 52.8 Å². The predicted molar refractivity (Wildman–Crippen MR) is 222 cm³/mol. The molecule has 0 fully saturated rings. The lowest BCUT2D eigenvalue weighted by Gasteiger charge is -2.12. The van der Waals surface area contributed by atoms with E-state index in [0.717, 1.165) is 31.4 Å². The van der Waals surface area contributed by atoms with Crippen LogP contribution >= 0.6 is 0 Å². The minimum atomic E-state index is -0.612. The molecule has 5 aromatic carbocycles. The zero-order valence-electron chi connectivity index (χ0n) is 32.4. The van der Waals surface area contributed by atoms with Gasteiger partial charge in [0.15, 0.2) is 11.5 Å². The number of ether oxygens (including phenoxy) is 4. The number of unbranched alkanes of at least 4 members (excludes halogenated alkanes) is 8. The third kappa shape index (κ3) is 14.0. The van der Waals surface area contributed by atoms with E-state index in [-0.39, 0.29) is 11.5 Å². The maximum Gasteiger partial charge on any atom is 0.343 e. The first-order valence-corrected chi connectivity index (χ1v) is 19.7. The van der Waals surface area contributed by atoms with Crippen molar-refractivity contribution in [3.8, 4) is 23.0 Å². The van der Waals surface area contributed by atoms with Crippen LogP contribution in [0.5, 0.6) is 23.0 Å². The Balaban J connectivity index is 1.26. The van der Waals surface area contributed by atoms with Crippen LogP contribution in [0.2, 0.25) is 0 Å². The highest BCUT2D eigenvalue weighted by Gasteiger charge is 2.18. The number of hydrogen-bond acceptors (Lipinski definition) is 9. The van der Waals surface area contributed by atoms with E-state index in [1.165, 1.54) is 38.5 Å². The van der Waals surface area contributed by atoms with Gasteiger partial charge in [-0.25, -0.2) is 9.59 Å². The summed E-state index contributed by atoms with van der Waals surface area (Å²) in [6, 6.07) is 35.4. The lowest BCUT2D eigenvalue weighted by atomic mass is 10.2. The molecule has 0 aliphatic rings. The molecule has 0 amide bonds. The third-order valence-corrected chi connectivity index (χ3v) is 8.84. The summed E-state index contributed by atoms with van der Waals surface area (Å²) in [6.07, 6.45) is 13.1. The first-order chi connectivity index (χ1) is 27.5. The van der Waals surface area contributed by atoms with Crippen LogP contribution in [0.4, 0.5) is 17.1 Å². The first-order valence-electron chi connectivity index (χ1n) is 19.7. The number of esters is 2. The average Bonchev–Trinajstić information content (AvgIpc) is 3.23. The van der Waals surface area contributed by atoms with Crippen molar-refractivity contribution in [3.05, 3.63) is 138 Å². The van der Waals surface area contributed by atoms with Crippen molar-refractivity contribution in [3.63, 3.8) is 0 Å². The van der Waals surface area contributed by atoms with Gasteiger partial charge in [-0.15, -0.1) is 0 Å². The van der Waals surface area contributed by atoms with Gasteiger partial charge in [-0.2, -0.15) is 10.2 Å². The van der Waals surface area contributed by atoms with Gasteiger partial charge in [0.05, 0.1) is 41.4 Å². The Bertz CT molecular complexity index is 1990. The summed E-state index contributed by atoms with van der Waals surface area (Å²) in [4.78, 5) is 31.3. The molecule has 0 aromatic heterocycles. The SMILES string of the molecule is CCCCCCCOc1ccc(C(=O)Oc2ccc(C=Nc3ccc(N=Nc4ccccc4)cc3)cc2OC(=O)c2ccc(OCCCCCCC)cc2)cc1. The number of azo groups is 1. The Kier molecular flexibility index (Phi) is 16.9.